The van der Waals surface area contributed by atoms with Gasteiger partial charge in [-0.3, -0.25) is 9.59 Å². The first kappa shape index (κ1) is 19.2. The maximum absolute atomic E-state index is 12.5. The van der Waals surface area contributed by atoms with E-state index in [2.05, 4.69) is 9.64 Å². The predicted molar refractivity (Wildman–Crippen MR) is 91.1 cm³/mol. The molecule has 0 saturated heterocycles. The van der Waals surface area contributed by atoms with Gasteiger partial charge in [0.1, 0.15) is 0 Å². The van der Waals surface area contributed by atoms with Crippen molar-refractivity contribution in [1.82, 2.24) is 9.80 Å². The lowest BCUT2D eigenvalue weighted by Gasteiger charge is -2.23. The Morgan fingerprint density at radius 2 is 1.70 bits per heavy atom. The number of carbonyl (C=O) groups is 2. The fourth-order valence-corrected chi connectivity index (χ4v) is 2.32. The summed E-state index contributed by atoms with van der Waals surface area (Å²) in [6, 6.07) is 9.98. The number of ether oxygens (including phenoxy) is 1. The summed E-state index contributed by atoms with van der Waals surface area (Å²) >= 11 is 0. The molecule has 1 aromatic rings. The predicted octanol–water partition coefficient (Wildman–Crippen LogP) is 1.96. The zero-order valence-corrected chi connectivity index (χ0v) is 14.5. The van der Waals surface area contributed by atoms with Crippen molar-refractivity contribution >= 4 is 11.9 Å². The van der Waals surface area contributed by atoms with Gasteiger partial charge in [-0.25, -0.2) is 0 Å². The van der Waals surface area contributed by atoms with Crippen molar-refractivity contribution in [2.45, 2.75) is 25.7 Å². The smallest absolute Gasteiger partial charge is 0.307 e. The molecule has 0 N–H and O–H groups in total. The van der Waals surface area contributed by atoms with Gasteiger partial charge in [0, 0.05) is 19.5 Å². The zero-order chi connectivity index (χ0) is 17.1. The Labute approximate surface area is 139 Å². The van der Waals surface area contributed by atoms with Crippen LogP contribution in [-0.2, 0) is 20.7 Å². The minimum absolute atomic E-state index is 0.0940. The summed E-state index contributed by atoms with van der Waals surface area (Å²) in [4.78, 5) is 27.7. The van der Waals surface area contributed by atoms with E-state index in [0.29, 0.717) is 19.5 Å². The van der Waals surface area contributed by atoms with Crippen LogP contribution in [0.15, 0.2) is 30.3 Å². The minimum Gasteiger partial charge on any atom is -0.469 e. The van der Waals surface area contributed by atoms with E-state index in [1.807, 2.05) is 44.4 Å². The molecule has 0 atom stereocenters. The van der Waals surface area contributed by atoms with Gasteiger partial charge < -0.3 is 14.5 Å². The van der Waals surface area contributed by atoms with Crippen molar-refractivity contribution in [3.63, 3.8) is 0 Å². The molecule has 1 rings (SSSR count). The van der Waals surface area contributed by atoms with Crippen molar-refractivity contribution < 1.29 is 14.3 Å². The Morgan fingerprint density at radius 1 is 1.00 bits per heavy atom. The molecule has 0 heterocycles. The summed E-state index contributed by atoms with van der Waals surface area (Å²) in [6.07, 6.45) is 2.33. The first-order chi connectivity index (χ1) is 11.0. The summed E-state index contributed by atoms with van der Waals surface area (Å²) < 4.78 is 4.67. The largest absolute Gasteiger partial charge is 0.469 e. The third-order valence-electron chi connectivity index (χ3n) is 3.67. The van der Waals surface area contributed by atoms with Crippen molar-refractivity contribution in [2.24, 2.45) is 0 Å². The number of esters is 1. The first-order valence-corrected chi connectivity index (χ1v) is 8.06. The van der Waals surface area contributed by atoms with E-state index < -0.39 is 0 Å². The summed E-state index contributed by atoms with van der Waals surface area (Å²) in [5, 5.41) is 0. The lowest BCUT2D eigenvalue weighted by Crippen LogP contribution is -2.35. The van der Waals surface area contributed by atoms with E-state index in [4.69, 9.17) is 0 Å². The Kier molecular flexibility index (Phi) is 8.98. The molecule has 0 bridgehead atoms. The Balaban J connectivity index is 2.50. The number of carbonyl (C=O) groups excluding carboxylic acids is 2. The second-order valence-electron chi connectivity index (χ2n) is 5.85. The molecule has 1 amide bonds. The van der Waals surface area contributed by atoms with E-state index in [-0.39, 0.29) is 18.3 Å². The van der Waals surface area contributed by atoms with Crippen LogP contribution in [0, 0.1) is 0 Å². The quantitative estimate of drug-likeness (QED) is 0.619. The van der Waals surface area contributed by atoms with Crippen molar-refractivity contribution in [1.29, 1.82) is 0 Å². The molecular weight excluding hydrogens is 292 g/mol. The average Bonchev–Trinajstić information content (AvgIpc) is 2.56. The van der Waals surface area contributed by atoms with Crippen LogP contribution < -0.4 is 0 Å². The Morgan fingerprint density at radius 3 is 2.30 bits per heavy atom. The molecule has 0 fully saturated rings. The van der Waals surface area contributed by atoms with Crippen molar-refractivity contribution in [2.75, 3.05) is 40.8 Å². The first-order valence-electron chi connectivity index (χ1n) is 8.06. The number of methoxy groups -OCH3 is 1. The van der Waals surface area contributed by atoms with Gasteiger partial charge in [-0.15, -0.1) is 0 Å². The van der Waals surface area contributed by atoms with Gasteiger partial charge in [0.05, 0.1) is 13.5 Å². The number of hydrogen-bond acceptors (Lipinski definition) is 4. The highest BCUT2D eigenvalue weighted by molar-refractivity contribution is 5.77. The highest BCUT2D eigenvalue weighted by Gasteiger charge is 2.15. The van der Waals surface area contributed by atoms with Crippen LogP contribution in [0.5, 0.6) is 0 Å². The summed E-state index contributed by atoms with van der Waals surface area (Å²) in [6.45, 7) is 2.01. The molecule has 0 aliphatic carbocycles. The highest BCUT2D eigenvalue weighted by atomic mass is 16.5. The second-order valence-corrected chi connectivity index (χ2v) is 5.85. The van der Waals surface area contributed by atoms with Gasteiger partial charge in [0.15, 0.2) is 0 Å². The Bertz CT molecular complexity index is 474. The molecule has 0 saturated carbocycles. The van der Waals surface area contributed by atoms with Gasteiger partial charge in [-0.1, -0.05) is 30.3 Å². The van der Waals surface area contributed by atoms with Crippen LogP contribution in [0.1, 0.15) is 24.8 Å². The van der Waals surface area contributed by atoms with Crippen LogP contribution in [-0.4, -0.2) is 62.5 Å². The molecule has 128 valence electrons. The highest BCUT2D eigenvalue weighted by Crippen LogP contribution is 2.06. The minimum atomic E-state index is -0.279. The number of rotatable bonds is 10. The molecule has 5 heteroatoms. The van der Waals surface area contributed by atoms with Gasteiger partial charge in [-0.05, 0) is 39.0 Å². The zero-order valence-electron chi connectivity index (χ0n) is 14.5. The Hall–Kier alpha value is -1.88. The van der Waals surface area contributed by atoms with E-state index in [9.17, 15) is 9.59 Å². The molecule has 23 heavy (non-hydrogen) atoms. The fourth-order valence-electron chi connectivity index (χ4n) is 2.32. The number of benzene rings is 1. The number of aryl methyl sites for hydroxylation is 1. The van der Waals surface area contributed by atoms with E-state index in [0.717, 1.165) is 24.9 Å². The van der Waals surface area contributed by atoms with Gasteiger partial charge in [0.25, 0.3) is 0 Å². The second kappa shape index (κ2) is 10.8. The summed E-state index contributed by atoms with van der Waals surface area (Å²) in [7, 11) is 5.39. The SMILES string of the molecule is COC(=O)CCN(CCCN(C)C)C(=O)CCc1ccccc1. The van der Waals surface area contributed by atoms with E-state index in [1.165, 1.54) is 7.11 Å². The lowest BCUT2D eigenvalue weighted by atomic mass is 10.1. The lowest BCUT2D eigenvalue weighted by molar-refractivity contribution is -0.141. The standard InChI is InChI=1S/C18H28N2O3/c1-19(2)13-7-14-20(15-12-18(22)23-3)17(21)11-10-16-8-5-4-6-9-16/h4-6,8-9H,7,10-15H2,1-3H3. The molecular formula is C18H28N2O3. The molecule has 0 aliphatic heterocycles. The topological polar surface area (TPSA) is 49.9 Å². The molecule has 0 aromatic heterocycles. The molecule has 0 radical (unpaired) electrons. The van der Waals surface area contributed by atoms with Gasteiger partial charge >= 0.3 is 5.97 Å². The molecule has 0 aliphatic rings. The maximum atomic E-state index is 12.5. The molecule has 5 nitrogen and oxygen atoms in total. The van der Waals surface area contributed by atoms with E-state index in [1.54, 1.807) is 4.90 Å². The normalized spacial score (nSPS) is 10.6. The van der Waals surface area contributed by atoms with Crippen LogP contribution in [0.25, 0.3) is 0 Å². The van der Waals surface area contributed by atoms with Crippen LogP contribution >= 0.6 is 0 Å². The molecule has 0 spiro atoms. The third kappa shape index (κ3) is 8.35. The maximum Gasteiger partial charge on any atom is 0.307 e. The molecule has 0 unspecified atom stereocenters. The van der Waals surface area contributed by atoms with Crippen molar-refractivity contribution in [3.8, 4) is 0 Å². The molecule has 1 aromatic carbocycles. The third-order valence-corrected chi connectivity index (χ3v) is 3.67. The number of hydrogen-bond donors (Lipinski definition) is 0. The van der Waals surface area contributed by atoms with Gasteiger partial charge in [-0.2, -0.15) is 0 Å². The monoisotopic (exact) mass is 320 g/mol. The van der Waals surface area contributed by atoms with Gasteiger partial charge in [0.2, 0.25) is 5.91 Å². The fraction of sp³-hybridized carbons (Fsp3) is 0.556. The van der Waals surface area contributed by atoms with Crippen LogP contribution in [0.3, 0.4) is 0 Å². The number of amides is 1. The van der Waals surface area contributed by atoms with Crippen LogP contribution in [0.4, 0.5) is 0 Å². The van der Waals surface area contributed by atoms with E-state index >= 15 is 0 Å². The summed E-state index contributed by atoms with van der Waals surface area (Å²) in [5.74, 6) is -0.185. The van der Waals surface area contributed by atoms with Crippen molar-refractivity contribution in [3.05, 3.63) is 35.9 Å². The average molecular weight is 320 g/mol. The summed E-state index contributed by atoms with van der Waals surface area (Å²) in [5.41, 5.74) is 1.15. The van der Waals surface area contributed by atoms with Crippen LogP contribution in [0.2, 0.25) is 0 Å². The number of nitrogens with zero attached hydrogens (tertiary/aromatic N) is 2.